The molecule has 0 spiro atoms. The monoisotopic (exact) mass is 798 g/mol. The van der Waals surface area contributed by atoms with E-state index in [1.165, 1.54) is 31.2 Å². The van der Waals surface area contributed by atoms with E-state index >= 15 is 0 Å². The molecule has 20 heteroatoms. The molecule has 0 N–H and O–H groups in total. The van der Waals surface area contributed by atoms with Crippen LogP contribution in [-0.4, -0.2) is 32.4 Å². The predicted molar refractivity (Wildman–Crippen MR) is 159 cm³/mol. The van der Waals surface area contributed by atoms with Gasteiger partial charge in [0, 0.05) is 16.5 Å². The van der Waals surface area contributed by atoms with E-state index in [9.17, 15) is 55.0 Å². The van der Waals surface area contributed by atoms with Gasteiger partial charge in [-0.2, -0.15) is 26.3 Å². The molecule has 0 aromatic heterocycles. The molecule has 0 saturated heterocycles. The van der Waals surface area contributed by atoms with Crippen LogP contribution in [-0.2, 0) is 22.4 Å². The minimum Gasteiger partial charge on any atom is -0.262 e. The Hall–Kier alpha value is -2.88. The van der Waals surface area contributed by atoms with Gasteiger partial charge in [-0.25, -0.2) is 8.42 Å². The Morgan fingerprint density at radius 2 is 1.55 bits per heavy atom. The predicted octanol–water partition coefficient (Wildman–Crippen LogP) is 8.72. The van der Waals surface area contributed by atoms with Crippen LogP contribution in [0.1, 0.15) is 23.6 Å². The Bertz CT molecular complexity index is 1690. The number of hydrogen-bond donors (Lipinski definition) is 0. The maximum Gasteiger partial charge on any atom is 0.418 e. The maximum atomic E-state index is 14.5. The highest BCUT2D eigenvalue weighted by Crippen LogP contribution is 2.52. The number of halogens is 8. The Labute approximate surface area is 268 Å². The van der Waals surface area contributed by atoms with Crippen LogP contribution in [0, 0.1) is 27.2 Å². The minimum atomic E-state index is -5.56. The van der Waals surface area contributed by atoms with Crippen molar-refractivity contribution < 1.29 is 44.6 Å². The number of benzene rings is 3. The molecular formula is C24H18ClF6IN4O6S2. The van der Waals surface area contributed by atoms with Crippen LogP contribution in [0.25, 0.3) is 0 Å². The first kappa shape index (κ1) is 35.6. The lowest BCUT2D eigenvalue weighted by Crippen LogP contribution is -2.37. The summed E-state index contributed by atoms with van der Waals surface area (Å²) in [5, 5.41) is 22.8. The Balaban J connectivity index is 2.50. The van der Waals surface area contributed by atoms with Gasteiger partial charge in [0.2, 0.25) is 0 Å². The second-order valence-electron chi connectivity index (χ2n) is 8.99. The summed E-state index contributed by atoms with van der Waals surface area (Å²) >= 11 is 7.82. The molecular weight excluding hydrogens is 781 g/mol. The maximum absolute atomic E-state index is 14.5. The van der Waals surface area contributed by atoms with E-state index in [4.69, 9.17) is 11.6 Å². The molecule has 10 nitrogen and oxygen atoms in total. The second-order valence-corrected chi connectivity index (χ2v) is 13.2. The third-order valence-electron chi connectivity index (χ3n) is 5.78. The molecule has 0 fully saturated rings. The molecule has 3 rings (SSSR count). The first-order chi connectivity index (χ1) is 20.2. The summed E-state index contributed by atoms with van der Waals surface area (Å²) < 4.78 is 113. The van der Waals surface area contributed by atoms with Crippen molar-refractivity contribution in [1.29, 1.82) is 0 Å². The van der Waals surface area contributed by atoms with Gasteiger partial charge in [-0.1, -0.05) is 51.9 Å². The largest absolute Gasteiger partial charge is 0.418 e. The molecule has 238 valence electrons. The summed E-state index contributed by atoms with van der Waals surface area (Å²) in [6, 6.07) is 5.74. The third kappa shape index (κ3) is 7.66. The van der Waals surface area contributed by atoms with Crippen molar-refractivity contribution >= 4 is 79.1 Å². The zero-order valence-corrected chi connectivity index (χ0v) is 26.6. The number of nitrogens with zero attached hydrogens (tertiary/aromatic N) is 4. The lowest BCUT2D eigenvalue weighted by molar-refractivity contribution is -0.394. The first-order valence-electron chi connectivity index (χ1n) is 11.8. The number of aryl methyl sites for hydroxylation is 1. The van der Waals surface area contributed by atoms with Gasteiger partial charge in [0.15, 0.2) is 0 Å². The number of alkyl halides is 7. The fraction of sp³-hybridized carbons (Fsp3) is 0.250. The number of nitro groups is 2. The number of hydrogen-bond acceptors (Lipinski definition) is 8. The summed E-state index contributed by atoms with van der Waals surface area (Å²) in [6.07, 6.45) is -10.6. The smallest absolute Gasteiger partial charge is 0.262 e. The van der Waals surface area contributed by atoms with E-state index < -0.39 is 77.2 Å². The van der Waals surface area contributed by atoms with Crippen LogP contribution in [0.4, 0.5) is 49.1 Å². The standard InChI is InChI=1S/C24H18ClF6IN4O6S2/c1-13-3-6-17(7-4-13)44(41,42)36(14(2)12-32)43-33(20-9-15(23(26,27)28)5-8-19(20)25)22-18(24(29,30)31)10-16(34(37)38)11-21(22)35(39)40/h3-11,14H,12H2,1-2H3. The first-order valence-corrected chi connectivity index (χ1v) is 15.8. The molecule has 1 atom stereocenters. The third-order valence-corrected chi connectivity index (χ3v) is 10.9. The summed E-state index contributed by atoms with van der Waals surface area (Å²) in [6.45, 7) is 2.99. The van der Waals surface area contributed by atoms with Crippen molar-refractivity contribution in [2.75, 3.05) is 8.73 Å². The van der Waals surface area contributed by atoms with Crippen molar-refractivity contribution in [2.24, 2.45) is 0 Å². The molecule has 3 aromatic rings. The van der Waals surface area contributed by atoms with Gasteiger partial charge in [-0.15, -0.1) is 3.71 Å². The fourth-order valence-corrected chi connectivity index (χ4v) is 7.78. The lowest BCUT2D eigenvalue weighted by atomic mass is 10.1. The molecule has 44 heavy (non-hydrogen) atoms. The van der Waals surface area contributed by atoms with Crippen LogP contribution in [0.3, 0.4) is 0 Å². The number of non-ortho nitro benzene ring substituents is 1. The van der Waals surface area contributed by atoms with Crippen molar-refractivity contribution in [3.63, 3.8) is 0 Å². The van der Waals surface area contributed by atoms with Gasteiger partial charge in [0.1, 0.15) is 5.69 Å². The summed E-state index contributed by atoms with van der Waals surface area (Å²) in [5.74, 6) is 0. The van der Waals surface area contributed by atoms with Crippen molar-refractivity contribution in [3.8, 4) is 0 Å². The molecule has 0 aliphatic carbocycles. The minimum absolute atomic E-state index is 0.00546. The van der Waals surface area contributed by atoms with E-state index in [-0.39, 0.29) is 44.0 Å². The molecule has 0 aliphatic rings. The zero-order valence-electron chi connectivity index (χ0n) is 22.1. The van der Waals surface area contributed by atoms with Gasteiger partial charge in [-0.3, -0.25) is 24.5 Å². The van der Waals surface area contributed by atoms with E-state index in [1.807, 2.05) is 0 Å². The summed E-state index contributed by atoms with van der Waals surface area (Å²) in [5.41, 5.74) is -8.11. The van der Waals surface area contributed by atoms with E-state index in [0.717, 1.165) is 0 Å². The Morgan fingerprint density at radius 3 is 2.02 bits per heavy atom. The highest BCUT2D eigenvalue weighted by Gasteiger charge is 2.45. The highest BCUT2D eigenvalue weighted by atomic mass is 127. The van der Waals surface area contributed by atoms with Gasteiger partial charge >= 0.3 is 18.0 Å². The topological polar surface area (TPSA) is 127 Å². The van der Waals surface area contributed by atoms with E-state index in [2.05, 4.69) is 0 Å². The number of nitro benzene ring substituents is 2. The molecule has 1 unspecified atom stereocenters. The van der Waals surface area contributed by atoms with E-state index in [1.54, 1.807) is 29.5 Å². The molecule has 0 amide bonds. The van der Waals surface area contributed by atoms with Crippen molar-refractivity contribution in [1.82, 2.24) is 3.71 Å². The van der Waals surface area contributed by atoms with Crippen molar-refractivity contribution in [3.05, 3.63) is 96.5 Å². The van der Waals surface area contributed by atoms with Gasteiger partial charge < -0.3 is 0 Å². The van der Waals surface area contributed by atoms with Crippen LogP contribution < -0.4 is 4.31 Å². The number of sulfonamides is 1. The van der Waals surface area contributed by atoms with Gasteiger partial charge in [-0.05, 0) is 44.2 Å². The molecule has 3 aromatic carbocycles. The normalized spacial score (nSPS) is 13.2. The number of anilines is 2. The van der Waals surface area contributed by atoms with E-state index in [0.29, 0.717) is 21.4 Å². The lowest BCUT2D eigenvalue weighted by Gasteiger charge is -2.33. The quantitative estimate of drug-likeness (QED) is 0.0498. The Kier molecular flexibility index (Phi) is 10.7. The molecule has 0 radical (unpaired) electrons. The highest BCUT2D eigenvalue weighted by molar-refractivity contribution is 14.1. The fourth-order valence-electron chi connectivity index (χ4n) is 3.64. The molecule has 0 bridgehead atoms. The van der Waals surface area contributed by atoms with Crippen molar-refractivity contribution in [2.45, 2.75) is 37.1 Å². The van der Waals surface area contributed by atoms with Crippen LogP contribution >= 0.6 is 46.3 Å². The Morgan fingerprint density at radius 1 is 0.955 bits per heavy atom. The molecule has 0 heterocycles. The van der Waals surface area contributed by atoms with Gasteiger partial charge in [0.05, 0.1) is 54.8 Å². The average Bonchev–Trinajstić information content (AvgIpc) is 2.92. The average molecular weight is 799 g/mol. The summed E-state index contributed by atoms with van der Waals surface area (Å²) in [7, 11) is -4.67. The van der Waals surface area contributed by atoms with Gasteiger partial charge in [0.25, 0.3) is 15.7 Å². The molecule has 0 saturated carbocycles. The SMILES string of the molecule is Cc1ccc(S(=O)(=O)N(SN(c2cc(C(F)(F)F)ccc2Cl)c2c([N+](=O)[O-])cc([N+](=O)[O-])cc2C(F)(F)F)C(C)CI)cc1. The molecule has 0 aliphatic heterocycles. The zero-order chi connectivity index (χ0) is 33.4. The van der Waals surface area contributed by atoms with Crippen LogP contribution in [0.2, 0.25) is 5.02 Å². The van der Waals surface area contributed by atoms with Crippen LogP contribution in [0.15, 0.2) is 59.5 Å². The second kappa shape index (κ2) is 13.2. The van der Waals surface area contributed by atoms with Crippen LogP contribution in [0.5, 0.6) is 0 Å². The number of rotatable bonds is 10. The summed E-state index contributed by atoms with van der Waals surface area (Å²) in [4.78, 5) is 20.4.